The summed E-state index contributed by atoms with van der Waals surface area (Å²) in [7, 11) is 1.55. The number of benzene rings is 3. The summed E-state index contributed by atoms with van der Waals surface area (Å²) >= 11 is 0. The number of methoxy groups -OCH3 is 1. The molecule has 0 unspecified atom stereocenters. The van der Waals surface area contributed by atoms with Gasteiger partial charge in [-0.2, -0.15) is 0 Å². The molecule has 304 valence electrons. The lowest BCUT2D eigenvalue weighted by Gasteiger charge is -2.33. The number of nitrogens with zero attached hydrogens (tertiary/aromatic N) is 1. The lowest BCUT2D eigenvalue weighted by molar-refractivity contribution is -0.134. The predicted octanol–water partition coefficient (Wildman–Crippen LogP) is 2.73. The van der Waals surface area contributed by atoms with Crippen LogP contribution < -0.4 is 36.9 Å². The van der Waals surface area contributed by atoms with Gasteiger partial charge in [0.25, 0.3) is 5.56 Å². The number of carbonyl (C=O) groups excluding carboxylic acids is 4. The quantitative estimate of drug-likeness (QED) is 0.0697. The van der Waals surface area contributed by atoms with Gasteiger partial charge in [0, 0.05) is 18.8 Å². The van der Waals surface area contributed by atoms with Crippen LogP contribution in [0.15, 0.2) is 102 Å². The minimum atomic E-state index is -1.56. The standard InChI is InChI=1S/C42H53N7O8/c1-26(2)35(39(52)45-24-33-43-21-20-34(50)47-33)48-41(54)37(44-23-29-16-18-31(56-5)19-17-29)38(51)32(22-28-12-8-6-9-13-28)46-40(53)36(27(3)4)49-42(55)57-25-30-14-10-7-11-15-30/h6-21,26-27,32,35-38,44,51H,22-25H2,1-5H3,(H,45,52)(H,46,53)(H,48,54)(H,49,55)(H,43,47,50)/t32-,35-,36-,37+,38+/m0/s1. The number of aliphatic hydroxyl groups is 1. The van der Waals surface area contributed by atoms with E-state index in [4.69, 9.17) is 9.47 Å². The molecule has 0 aliphatic carbocycles. The first-order valence-electron chi connectivity index (χ1n) is 18.8. The number of alkyl carbamates (subject to hydrolysis) is 1. The van der Waals surface area contributed by atoms with Crippen LogP contribution in [0, 0.1) is 11.8 Å². The number of hydrogen-bond donors (Lipinski definition) is 7. The Morgan fingerprint density at radius 3 is 1.89 bits per heavy atom. The number of amides is 4. The smallest absolute Gasteiger partial charge is 0.408 e. The average Bonchev–Trinajstić information content (AvgIpc) is 3.20. The maximum Gasteiger partial charge on any atom is 0.408 e. The normalized spacial score (nSPS) is 13.8. The summed E-state index contributed by atoms with van der Waals surface area (Å²) in [5, 5.41) is 26.4. The van der Waals surface area contributed by atoms with Crippen molar-refractivity contribution < 1.29 is 33.8 Å². The molecule has 0 spiro atoms. The van der Waals surface area contributed by atoms with Crippen molar-refractivity contribution in [2.24, 2.45) is 11.8 Å². The lowest BCUT2D eigenvalue weighted by atomic mass is 9.93. The highest BCUT2D eigenvalue weighted by molar-refractivity contribution is 5.90. The zero-order valence-electron chi connectivity index (χ0n) is 32.9. The Balaban J connectivity index is 1.59. The van der Waals surface area contributed by atoms with Gasteiger partial charge in [0.05, 0.1) is 25.8 Å². The Morgan fingerprint density at radius 1 is 0.702 bits per heavy atom. The number of rotatable bonds is 20. The van der Waals surface area contributed by atoms with Crippen LogP contribution in [-0.4, -0.2) is 76.3 Å². The second kappa shape index (κ2) is 21.9. The molecule has 7 N–H and O–H groups in total. The van der Waals surface area contributed by atoms with Gasteiger partial charge in [-0.3, -0.25) is 24.5 Å². The summed E-state index contributed by atoms with van der Waals surface area (Å²) in [6, 6.07) is 22.1. The first-order valence-corrected chi connectivity index (χ1v) is 18.8. The number of nitrogens with one attached hydrogen (secondary N) is 6. The summed E-state index contributed by atoms with van der Waals surface area (Å²) < 4.78 is 10.7. The van der Waals surface area contributed by atoms with E-state index < -0.39 is 60.0 Å². The number of aromatic nitrogens is 2. The van der Waals surface area contributed by atoms with Gasteiger partial charge in [-0.05, 0) is 47.1 Å². The number of H-pyrrole nitrogens is 1. The fourth-order valence-corrected chi connectivity index (χ4v) is 5.96. The molecule has 15 nitrogen and oxygen atoms in total. The second-order valence-electron chi connectivity index (χ2n) is 14.3. The first kappa shape index (κ1) is 43.7. The molecule has 15 heteroatoms. The molecule has 0 aliphatic rings. The maximum atomic E-state index is 14.3. The third-order valence-corrected chi connectivity index (χ3v) is 9.18. The van der Waals surface area contributed by atoms with Gasteiger partial charge in [0.15, 0.2) is 0 Å². The van der Waals surface area contributed by atoms with E-state index in [1.54, 1.807) is 59.1 Å². The van der Waals surface area contributed by atoms with Crippen LogP contribution in [-0.2, 0) is 45.2 Å². The van der Waals surface area contributed by atoms with E-state index in [9.17, 15) is 29.1 Å². The molecule has 57 heavy (non-hydrogen) atoms. The predicted molar refractivity (Wildman–Crippen MR) is 214 cm³/mol. The van der Waals surface area contributed by atoms with Crippen molar-refractivity contribution in [1.29, 1.82) is 0 Å². The highest BCUT2D eigenvalue weighted by atomic mass is 16.5. The molecule has 0 radical (unpaired) electrons. The van der Waals surface area contributed by atoms with Crippen LogP contribution in [0.25, 0.3) is 0 Å². The zero-order valence-corrected chi connectivity index (χ0v) is 32.9. The van der Waals surface area contributed by atoms with Crippen molar-refractivity contribution in [3.63, 3.8) is 0 Å². The summed E-state index contributed by atoms with van der Waals surface area (Å²) in [5.74, 6) is -1.74. The van der Waals surface area contributed by atoms with Gasteiger partial charge in [0.1, 0.15) is 36.3 Å². The number of ether oxygens (including phenoxy) is 2. The van der Waals surface area contributed by atoms with Crippen molar-refractivity contribution in [2.75, 3.05) is 7.11 Å². The summed E-state index contributed by atoms with van der Waals surface area (Å²) in [6.45, 7) is 7.08. The maximum absolute atomic E-state index is 14.3. The van der Waals surface area contributed by atoms with E-state index >= 15 is 0 Å². The van der Waals surface area contributed by atoms with Crippen LogP contribution in [0.4, 0.5) is 4.79 Å². The highest BCUT2D eigenvalue weighted by Gasteiger charge is 2.38. The SMILES string of the molecule is COc1ccc(CN[C@@H](C(=O)N[C@H](C(=O)NCc2nccc(=O)[nH]2)C(C)C)[C@H](O)[C@H](Cc2ccccc2)NC(=O)[C@@H](NC(=O)OCc2ccccc2)C(C)C)cc1. The highest BCUT2D eigenvalue weighted by Crippen LogP contribution is 2.16. The van der Waals surface area contributed by atoms with Crippen LogP contribution >= 0.6 is 0 Å². The van der Waals surface area contributed by atoms with Crippen LogP contribution in [0.3, 0.4) is 0 Å². The number of aromatic amines is 1. The van der Waals surface area contributed by atoms with Crippen LogP contribution in [0.1, 0.15) is 50.2 Å². The number of aliphatic hydroxyl groups excluding tert-OH is 1. The van der Waals surface area contributed by atoms with Gasteiger partial charge < -0.3 is 40.8 Å². The van der Waals surface area contributed by atoms with Crippen molar-refractivity contribution in [3.05, 3.63) is 130 Å². The molecule has 0 fully saturated rings. The molecule has 0 saturated carbocycles. The first-order chi connectivity index (χ1) is 27.3. The fraction of sp³-hybridized carbons (Fsp3) is 0.381. The molecule has 4 aromatic rings. The monoisotopic (exact) mass is 783 g/mol. The minimum Gasteiger partial charge on any atom is -0.497 e. The number of hydrogen-bond acceptors (Lipinski definition) is 10. The van der Waals surface area contributed by atoms with Crippen molar-refractivity contribution in [1.82, 2.24) is 36.6 Å². The lowest BCUT2D eigenvalue weighted by Crippen LogP contribution is -2.63. The molecule has 3 aromatic carbocycles. The third-order valence-electron chi connectivity index (χ3n) is 9.18. The van der Waals surface area contributed by atoms with Gasteiger partial charge in [-0.25, -0.2) is 9.78 Å². The molecule has 0 bridgehead atoms. The third kappa shape index (κ3) is 13.9. The summed E-state index contributed by atoms with van der Waals surface area (Å²) in [5.41, 5.74) is 1.93. The van der Waals surface area contributed by atoms with Gasteiger partial charge in [0.2, 0.25) is 17.7 Å². The summed E-state index contributed by atoms with van der Waals surface area (Å²) in [4.78, 5) is 72.9. The van der Waals surface area contributed by atoms with Crippen molar-refractivity contribution in [3.8, 4) is 5.75 Å². The Kier molecular flexibility index (Phi) is 16.8. The fourth-order valence-electron chi connectivity index (χ4n) is 5.96. The topological polar surface area (TPSA) is 213 Å². The Hall–Kier alpha value is -6.06. The largest absolute Gasteiger partial charge is 0.497 e. The average molecular weight is 784 g/mol. The second-order valence-corrected chi connectivity index (χ2v) is 14.3. The minimum absolute atomic E-state index is 0.00314. The molecular formula is C42H53N7O8. The van der Waals surface area contributed by atoms with E-state index in [0.29, 0.717) is 5.75 Å². The van der Waals surface area contributed by atoms with Crippen molar-refractivity contribution >= 4 is 23.8 Å². The molecule has 0 aliphatic heterocycles. The van der Waals surface area contributed by atoms with E-state index in [2.05, 4.69) is 36.6 Å². The molecule has 1 aromatic heterocycles. The van der Waals surface area contributed by atoms with E-state index in [1.807, 2.05) is 60.7 Å². The van der Waals surface area contributed by atoms with Gasteiger partial charge in [-0.15, -0.1) is 0 Å². The van der Waals surface area contributed by atoms with E-state index in [-0.39, 0.29) is 43.4 Å². The Morgan fingerprint density at radius 2 is 1.30 bits per heavy atom. The van der Waals surface area contributed by atoms with Crippen molar-refractivity contribution in [2.45, 2.75) is 84.1 Å². The molecule has 1 heterocycles. The van der Waals surface area contributed by atoms with Gasteiger partial charge >= 0.3 is 6.09 Å². The molecule has 5 atom stereocenters. The van der Waals surface area contributed by atoms with Gasteiger partial charge in [-0.1, -0.05) is 100 Å². The molecular weight excluding hydrogens is 731 g/mol. The zero-order chi connectivity index (χ0) is 41.3. The molecule has 0 saturated heterocycles. The Bertz CT molecular complexity index is 1940. The number of carbonyl (C=O) groups is 4. The van der Waals surface area contributed by atoms with E-state index in [1.165, 1.54) is 12.3 Å². The molecule has 4 rings (SSSR count). The van der Waals surface area contributed by atoms with Crippen LogP contribution in [0.2, 0.25) is 0 Å². The van der Waals surface area contributed by atoms with E-state index in [0.717, 1.165) is 16.7 Å². The Labute approximate surface area is 332 Å². The molecule has 4 amide bonds. The van der Waals surface area contributed by atoms with Crippen LogP contribution in [0.5, 0.6) is 5.75 Å². The summed E-state index contributed by atoms with van der Waals surface area (Å²) in [6.07, 6.45) is -0.913.